The molecule has 2 rings (SSSR count). The van der Waals surface area contributed by atoms with Crippen LogP contribution in [0.2, 0.25) is 0 Å². The van der Waals surface area contributed by atoms with Gasteiger partial charge in [0.15, 0.2) is 0 Å². The second kappa shape index (κ2) is 7.78. The van der Waals surface area contributed by atoms with E-state index in [4.69, 9.17) is 4.74 Å². The maximum atomic E-state index is 11.8. The van der Waals surface area contributed by atoms with Crippen LogP contribution in [0.5, 0.6) is 5.75 Å². The predicted octanol–water partition coefficient (Wildman–Crippen LogP) is 2.80. The fourth-order valence-corrected chi connectivity index (χ4v) is 2.60. The number of nitrogens with one attached hydrogen (secondary N) is 2. The molecule has 1 fully saturated rings. The van der Waals surface area contributed by atoms with Gasteiger partial charge in [0.05, 0.1) is 13.7 Å². The number of methoxy groups -OCH3 is 1. The first-order valence-electron chi connectivity index (χ1n) is 7.42. The molecule has 1 aromatic carbocycles. The minimum Gasteiger partial charge on any atom is -0.497 e. The van der Waals surface area contributed by atoms with Crippen molar-refractivity contribution in [1.29, 1.82) is 0 Å². The van der Waals surface area contributed by atoms with Gasteiger partial charge < -0.3 is 15.4 Å². The van der Waals surface area contributed by atoms with Crippen molar-refractivity contribution in [2.45, 2.75) is 32.1 Å². The Hall–Kier alpha value is -1.71. The zero-order chi connectivity index (χ0) is 14.2. The van der Waals surface area contributed by atoms with Crippen molar-refractivity contribution in [3.05, 3.63) is 24.3 Å². The molecule has 0 bridgehead atoms. The zero-order valence-electron chi connectivity index (χ0n) is 12.2. The van der Waals surface area contributed by atoms with Crippen molar-refractivity contribution in [3.63, 3.8) is 0 Å². The van der Waals surface area contributed by atoms with E-state index in [0.717, 1.165) is 18.0 Å². The second-order valence-corrected chi connectivity index (χ2v) is 5.39. The first-order valence-corrected chi connectivity index (χ1v) is 7.42. The summed E-state index contributed by atoms with van der Waals surface area (Å²) in [4.78, 5) is 11.8. The lowest BCUT2D eigenvalue weighted by Crippen LogP contribution is -2.34. The van der Waals surface area contributed by atoms with Gasteiger partial charge in [-0.25, -0.2) is 0 Å². The molecule has 1 aliphatic rings. The molecule has 0 atom stereocenters. The first kappa shape index (κ1) is 14.7. The first-order chi connectivity index (χ1) is 9.78. The van der Waals surface area contributed by atoms with E-state index in [9.17, 15) is 4.79 Å². The summed E-state index contributed by atoms with van der Waals surface area (Å²) in [6.07, 6.45) is 6.48. The van der Waals surface area contributed by atoms with Crippen molar-refractivity contribution < 1.29 is 9.53 Å². The third-order valence-corrected chi connectivity index (χ3v) is 3.86. The van der Waals surface area contributed by atoms with Crippen molar-refractivity contribution in [2.24, 2.45) is 5.92 Å². The van der Waals surface area contributed by atoms with Crippen LogP contribution in [0.25, 0.3) is 0 Å². The van der Waals surface area contributed by atoms with Gasteiger partial charge in [-0.1, -0.05) is 19.3 Å². The summed E-state index contributed by atoms with van der Waals surface area (Å²) in [6, 6.07) is 7.57. The van der Waals surface area contributed by atoms with Crippen LogP contribution in [0.3, 0.4) is 0 Å². The van der Waals surface area contributed by atoms with Crippen molar-refractivity contribution in [2.75, 3.05) is 25.5 Å². The maximum absolute atomic E-state index is 11.8. The van der Waals surface area contributed by atoms with Crippen LogP contribution in [0.15, 0.2) is 24.3 Å². The number of anilines is 1. The van der Waals surface area contributed by atoms with Crippen molar-refractivity contribution in [3.8, 4) is 5.75 Å². The quantitative estimate of drug-likeness (QED) is 0.840. The highest BCUT2D eigenvalue weighted by molar-refractivity contribution is 5.80. The monoisotopic (exact) mass is 276 g/mol. The van der Waals surface area contributed by atoms with Gasteiger partial charge in [-0.2, -0.15) is 0 Å². The molecular formula is C16H24N2O2. The zero-order valence-corrected chi connectivity index (χ0v) is 12.2. The number of carbonyl (C=O) groups is 1. The van der Waals surface area contributed by atoms with Gasteiger partial charge in [0, 0.05) is 12.2 Å². The Labute approximate surface area is 120 Å². The third kappa shape index (κ3) is 4.76. The smallest absolute Gasteiger partial charge is 0.239 e. The van der Waals surface area contributed by atoms with Gasteiger partial charge in [-0.3, -0.25) is 4.79 Å². The summed E-state index contributed by atoms with van der Waals surface area (Å²) in [5.74, 6) is 1.55. The van der Waals surface area contributed by atoms with Gasteiger partial charge in [0.1, 0.15) is 5.75 Å². The SMILES string of the molecule is COc1ccc(NCC(=O)NCC2CCCCC2)cc1. The van der Waals surface area contributed by atoms with Crippen molar-refractivity contribution >= 4 is 11.6 Å². The van der Waals surface area contributed by atoms with Crippen LogP contribution >= 0.6 is 0 Å². The van der Waals surface area contributed by atoms with E-state index in [1.807, 2.05) is 24.3 Å². The van der Waals surface area contributed by atoms with E-state index in [2.05, 4.69) is 10.6 Å². The van der Waals surface area contributed by atoms with E-state index >= 15 is 0 Å². The Morgan fingerprint density at radius 2 is 1.90 bits per heavy atom. The molecule has 0 saturated heterocycles. The maximum Gasteiger partial charge on any atom is 0.239 e. The fourth-order valence-electron chi connectivity index (χ4n) is 2.60. The Kier molecular flexibility index (Phi) is 5.71. The molecule has 0 aromatic heterocycles. The highest BCUT2D eigenvalue weighted by Crippen LogP contribution is 2.22. The van der Waals surface area contributed by atoms with E-state index in [-0.39, 0.29) is 5.91 Å². The molecule has 0 heterocycles. The van der Waals surface area contributed by atoms with Crippen LogP contribution in [0, 0.1) is 5.92 Å². The lowest BCUT2D eigenvalue weighted by atomic mass is 9.89. The average molecular weight is 276 g/mol. The Morgan fingerprint density at radius 3 is 2.55 bits per heavy atom. The lowest BCUT2D eigenvalue weighted by Gasteiger charge is -2.21. The minimum absolute atomic E-state index is 0.0615. The number of ether oxygens (including phenoxy) is 1. The number of amides is 1. The molecule has 4 nitrogen and oxygen atoms in total. The largest absolute Gasteiger partial charge is 0.497 e. The number of hydrogen-bond donors (Lipinski definition) is 2. The molecule has 0 spiro atoms. The molecule has 0 unspecified atom stereocenters. The number of benzene rings is 1. The Balaban J connectivity index is 1.66. The summed E-state index contributed by atoms with van der Waals surface area (Å²) in [6.45, 7) is 1.14. The van der Waals surface area contributed by atoms with Crippen LogP contribution in [0.4, 0.5) is 5.69 Å². The van der Waals surface area contributed by atoms with Gasteiger partial charge in [0.25, 0.3) is 0 Å². The molecule has 1 aliphatic carbocycles. The fraction of sp³-hybridized carbons (Fsp3) is 0.562. The molecule has 0 aliphatic heterocycles. The molecule has 0 radical (unpaired) electrons. The van der Waals surface area contributed by atoms with Crippen LogP contribution in [-0.4, -0.2) is 26.1 Å². The Bertz CT molecular complexity index is 411. The molecule has 2 N–H and O–H groups in total. The number of hydrogen-bond acceptors (Lipinski definition) is 3. The summed E-state index contributed by atoms with van der Waals surface area (Å²) in [7, 11) is 1.64. The van der Waals surface area contributed by atoms with Gasteiger partial charge in [-0.15, -0.1) is 0 Å². The minimum atomic E-state index is 0.0615. The molecule has 1 saturated carbocycles. The summed E-state index contributed by atoms with van der Waals surface area (Å²) in [5.41, 5.74) is 0.929. The second-order valence-electron chi connectivity index (χ2n) is 5.39. The van der Waals surface area contributed by atoms with E-state index in [0.29, 0.717) is 12.5 Å². The lowest BCUT2D eigenvalue weighted by molar-refractivity contribution is -0.119. The van der Waals surface area contributed by atoms with Crippen LogP contribution in [0.1, 0.15) is 32.1 Å². The van der Waals surface area contributed by atoms with Crippen LogP contribution < -0.4 is 15.4 Å². The summed E-state index contributed by atoms with van der Waals surface area (Å²) >= 11 is 0. The molecule has 20 heavy (non-hydrogen) atoms. The number of rotatable bonds is 6. The van der Waals surface area contributed by atoms with Gasteiger partial charge >= 0.3 is 0 Å². The predicted molar refractivity (Wildman–Crippen MR) is 81.1 cm³/mol. The average Bonchev–Trinajstić information content (AvgIpc) is 2.52. The van der Waals surface area contributed by atoms with Crippen LogP contribution in [-0.2, 0) is 4.79 Å². The topological polar surface area (TPSA) is 50.4 Å². The Morgan fingerprint density at radius 1 is 1.20 bits per heavy atom. The van der Waals surface area contributed by atoms with E-state index in [1.54, 1.807) is 7.11 Å². The standard InChI is InChI=1S/C16H24N2O2/c1-20-15-9-7-14(8-10-15)17-12-16(19)18-11-13-5-3-2-4-6-13/h7-10,13,17H,2-6,11-12H2,1H3,(H,18,19). The summed E-state index contributed by atoms with van der Waals surface area (Å²) in [5, 5.41) is 6.13. The molecule has 1 amide bonds. The molecule has 110 valence electrons. The third-order valence-electron chi connectivity index (χ3n) is 3.86. The molecule has 1 aromatic rings. The normalized spacial score (nSPS) is 15.7. The molecule has 4 heteroatoms. The van der Waals surface area contributed by atoms with E-state index < -0.39 is 0 Å². The van der Waals surface area contributed by atoms with E-state index in [1.165, 1.54) is 32.1 Å². The molecular weight excluding hydrogens is 252 g/mol. The summed E-state index contributed by atoms with van der Waals surface area (Å²) < 4.78 is 5.09. The van der Waals surface area contributed by atoms with Crippen molar-refractivity contribution in [1.82, 2.24) is 5.32 Å². The van der Waals surface area contributed by atoms with Gasteiger partial charge in [0.2, 0.25) is 5.91 Å². The highest BCUT2D eigenvalue weighted by Gasteiger charge is 2.13. The highest BCUT2D eigenvalue weighted by atomic mass is 16.5. The van der Waals surface area contributed by atoms with Gasteiger partial charge in [-0.05, 0) is 43.0 Å². The number of carbonyl (C=O) groups excluding carboxylic acids is 1.